The number of rotatable bonds is 6. The molecule has 3 aromatic heterocycles. The number of carbonyl (C=O) groups excluding carboxylic acids is 1. The fourth-order valence-corrected chi connectivity index (χ4v) is 7.24. The molecule has 8 heteroatoms. The number of piperidine rings is 1. The third-order valence-electron chi connectivity index (χ3n) is 9.49. The Bertz CT molecular complexity index is 1310. The molecule has 0 radical (unpaired) electrons. The number of anilines is 1. The van der Waals surface area contributed by atoms with Gasteiger partial charge in [-0.1, -0.05) is 19.3 Å². The highest BCUT2D eigenvalue weighted by Crippen LogP contribution is 2.38. The second-order valence-electron chi connectivity index (χ2n) is 12.5. The van der Waals surface area contributed by atoms with Crippen molar-refractivity contribution in [3.63, 3.8) is 0 Å². The van der Waals surface area contributed by atoms with Gasteiger partial charge in [-0.05, 0) is 94.7 Å². The molecule has 8 nitrogen and oxygen atoms in total. The molecule has 0 aromatic carbocycles. The first-order chi connectivity index (χ1) is 19.4. The lowest BCUT2D eigenvalue weighted by atomic mass is 9.89. The second-order valence-corrected chi connectivity index (χ2v) is 12.5. The summed E-state index contributed by atoms with van der Waals surface area (Å²) in [7, 11) is 0. The van der Waals surface area contributed by atoms with Crippen LogP contribution in [0.4, 0.5) is 5.95 Å². The van der Waals surface area contributed by atoms with Gasteiger partial charge in [0.15, 0.2) is 0 Å². The molecule has 3 fully saturated rings. The van der Waals surface area contributed by atoms with Crippen molar-refractivity contribution in [1.29, 1.82) is 0 Å². The minimum Gasteiger partial charge on any atom is -0.393 e. The van der Waals surface area contributed by atoms with Crippen molar-refractivity contribution in [2.45, 2.75) is 103 Å². The highest BCUT2D eigenvalue weighted by atomic mass is 16.3. The third-order valence-corrected chi connectivity index (χ3v) is 9.49. The molecule has 1 saturated heterocycles. The lowest BCUT2D eigenvalue weighted by Crippen LogP contribution is -2.38. The maximum absolute atomic E-state index is 13.3. The number of aliphatic hydroxyl groups excluding tert-OH is 1. The molecule has 1 aliphatic heterocycles. The van der Waals surface area contributed by atoms with Gasteiger partial charge in [0.05, 0.1) is 6.10 Å². The summed E-state index contributed by atoms with van der Waals surface area (Å²) >= 11 is 0. The Hall–Kier alpha value is -3.00. The third kappa shape index (κ3) is 5.87. The van der Waals surface area contributed by atoms with E-state index in [0.29, 0.717) is 17.9 Å². The Morgan fingerprint density at radius 2 is 1.65 bits per heavy atom. The molecule has 4 heterocycles. The van der Waals surface area contributed by atoms with Crippen LogP contribution in [0.3, 0.4) is 0 Å². The molecular weight excluding hydrogens is 500 g/mol. The van der Waals surface area contributed by atoms with Gasteiger partial charge in [-0.25, -0.2) is 4.98 Å². The van der Waals surface area contributed by atoms with Crippen LogP contribution >= 0.6 is 0 Å². The average Bonchev–Trinajstić information content (AvgIpc) is 3.35. The van der Waals surface area contributed by atoms with E-state index in [9.17, 15) is 9.90 Å². The fraction of sp³-hybridized carbons (Fsp3) is 0.625. The maximum Gasteiger partial charge on any atom is 0.253 e. The van der Waals surface area contributed by atoms with E-state index in [2.05, 4.69) is 21.1 Å². The van der Waals surface area contributed by atoms with Crippen molar-refractivity contribution >= 4 is 22.9 Å². The number of carbonyl (C=O) groups is 1. The number of pyridine rings is 1. The summed E-state index contributed by atoms with van der Waals surface area (Å²) in [5, 5.41) is 14.8. The second kappa shape index (κ2) is 11.9. The largest absolute Gasteiger partial charge is 0.393 e. The van der Waals surface area contributed by atoms with E-state index in [4.69, 9.17) is 9.97 Å². The van der Waals surface area contributed by atoms with Gasteiger partial charge in [-0.3, -0.25) is 9.78 Å². The van der Waals surface area contributed by atoms with Crippen molar-refractivity contribution in [2.75, 3.05) is 25.0 Å². The van der Waals surface area contributed by atoms with Gasteiger partial charge in [0.2, 0.25) is 5.95 Å². The van der Waals surface area contributed by atoms with E-state index < -0.39 is 0 Å². The Kier molecular flexibility index (Phi) is 8.05. The zero-order valence-corrected chi connectivity index (χ0v) is 24.1. The predicted molar refractivity (Wildman–Crippen MR) is 158 cm³/mol. The number of aromatic nitrogens is 4. The number of hydrogen-bond donors (Lipinski definition) is 2. The van der Waals surface area contributed by atoms with Gasteiger partial charge in [-0.15, -0.1) is 0 Å². The molecule has 0 bridgehead atoms. The number of fused-ring (bicyclic) bond motifs is 1. The maximum atomic E-state index is 13.3. The summed E-state index contributed by atoms with van der Waals surface area (Å²) in [6.07, 6.45) is 16.2. The first kappa shape index (κ1) is 27.2. The average molecular weight is 545 g/mol. The molecule has 1 amide bonds. The van der Waals surface area contributed by atoms with Gasteiger partial charge in [0.1, 0.15) is 5.65 Å². The van der Waals surface area contributed by atoms with Gasteiger partial charge < -0.3 is 19.9 Å². The smallest absolute Gasteiger partial charge is 0.253 e. The molecule has 214 valence electrons. The molecule has 2 saturated carbocycles. The molecule has 40 heavy (non-hydrogen) atoms. The fourth-order valence-electron chi connectivity index (χ4n) is 7.24. The van der Waals surface area contributed by atoms with Crippen LogP contribution in [0, 0.1) is 19.8 Å². The number of likely N-dealkylation sites (tertiary alicyclic amines) is 1. The molecule has 3 aromatic rings. The number of nitrogens with zero attached hydrogens (tertiary/aromatic N) is 5. The van der Waals surface area contributed by atoms with Crippen LogP contribution < -0.4 is 5.32 Å². The first-order valence-corrected chi connectivity index (χ1v) is 15.5. The van der Waals surface area contributed by atoms with Gasteiger partial charge in [-0.2, -0.15) is 4.98 Å². The molecular formula is C32H44N6O2. The zero-order chi connectivity index (χ0) is 27.6. The number of amides is 1. The minimum atomic E-state index is -0.185. The molecule has 0 unspecified atom stereocenters. The minimum absolute atomic E-state index is 0.104. The summed E-state index contributed by atoms with van der Waals surface area (Å²) in [6.45, 7) is 6.31. The quantitative estimate of drug-likeness (QED) is 0.399. The standard InChI is InChI=1S/C32H44N6O2/c1-21-16-25(17-22(2)35-21)31(40)37-14-12-24(13-15-37)29-20-38(26-8-10-27(39)11-9-26)30-28(29)19-34-32(36-30)33-18-23-6-4-3-5-7-23/h16-17,19-20,23-24,26-27,39H,3-15,18H2,1-2H3,(H,33,34,36)/t26-,27-. The summed E-state index contributed by atoms with van der Waals surface area (Å²) < 4.78 is 2.38. The van der Waals surface area contributed by atoms with Crippen molar-refractivity contribution in [3.8, 4) is 0 Å². The number of aliphatic hydroxyl groups is 1. The molecule has 6 rings (SSSR count). The van der Waals surface area contributed by atoms with Gasteiger partial charge in [0, 0.05) is 60.4 Å². The Morgan fingerprint density at radius 3 is 2.35 bits per heavy atom. The zero-order valence-electron chi connectivity index (χ0n) is 24.1. The Balaban J connectivity index is 1.21. The highest BCUT2D eigenvalue weighted by Gasteiger charge is 2.30. The Morgan fingerprint density at radius 1 is 0.950 bits per heavy atom. The van der Waals surface area contributed by atoms with Crippen molar-refractivity contribution in [1.82, 2.24) is 24.4 Å². The molecule has 0 atom stereocenters. The summed E-state index contributed by atoms with van der Waals surface area (Å²) in [4.78, 5) is 29.5. The summed E-state index contributed by atoms with van der Waals surface area (Å²) in [6, 6.07) is 4.14. The Labute approximate surface area is 237 Å². The van der Waals surface area contributed by atoms with Crippen LogP contribution in [-0.2, 0) is 0 Å². The number of hydrogen-bond acceptors (Lipinski definition) is 6. The van der Waals surface area contributed by atoms with Crippen molar-refractivity contribution in [2.24, 2.45) is 5.92 Å². The first-order valence-electron chi connectivity index (χ1n) is 15.5. The lowest BCUT2D eigenvalue weighted by molar-refractivity contribution is 0.0712. The predicted octanol–water partition coefficient (Wildman–Crippen LogP) is 5.93. The van der Waals surface area contributed by atoms with Gasteiger partial charge >= 0.3 is 0 Å². The van der Waals surface area contributed by atoms with E-state index in [0.717, 1.165) is 92.1 Å². The SMILES string of the molecule is Cc1cc(C(=O)N2CCC(c3cn([C@H]4CC[C@H](O)CC4)c4nc(NCC5CCCCC5)ncc34)CC2)cc(C)n1. The van der Waals surface area contributed by atoms with Crippen molar-refractivity contribution in [3.05, 3.63) is 47.0 Å². The van der Waals surface area contributed by atoms with Crippen LogP contribution in [0.5, 0.6) is 0 Å². The molecule has 2 N–H and O–H groups in total. The van der Waals surface area contributed by atoms with E-state index in [1.54, 1.807) is 0 Å². The monoisotopic (exact) mass is 544 g/mol. The normalized spacial score (nSPS) is 23.0. The number of aryl methyl sites for hydroxylation is 2. The van der Waals surface area contributed by atoms with Crippen LogP contribution in [-0.4, -0.2) is 61.2 Å². The van der Waals surface area contributed by atoms with E-state index in [-0.39, 0.29) is 12.0 Å². The van der Waals surface area contributed by atoms with Crippen molar-refractivity contribution < 1.29 is 9.90 Å². The molecule has 0 spiro atoms. The molecule has 2 aliphatic carbocycles. The molecule has 3 aliphatic rings. The van der Waals surface area contributed by atoms with Crippen LogP contribution in [0.15, 0.2) is 24.5 Å². The van der Waals surface area contributed by atoms with E-state index in [1.807, 2.05) is 37.1 Å². The summed E-state index contributed by atoms with van der Waals surface area (Å²) in [5.74, 6) is 1.91. The lowest BCUT2D eigenvalue weighted by Gasteiger charge is -2.32. The van der Waals surface area contributed by atoms with Crippen LogP contribution in [0.25, 0.3) is 11.0 Å². The van der Waals surface area contributed by atoms with Gasteiger partial charge in [0.25, 0.3) is 5.91 Å². The summed E-state index contributed by atoms with van der Waals surface area (Å²) in [5.41, 5.74) is 4.82. The van der Waals surface area contributed by atoms with Crippen LogP contribution in [0.2, 0.25) is 0 Å². The van der Waals surface area contributed by atoms with Crippen LogP contribution in [0.1, 0.15) is 110 Å². The van der Waals surface area contributed by atoms with E-state index in [1.165, 1.54) is 37.7 Å². The number of nitrogens with one attached hydrogen (secondary N) is 1. The topological polar surface area (TPSA) is 96.2 Å². The highest BCUT2D eigenvalue weighted by molar-refractivity contribution is 5.94. The van der Waals surface area contributed by atoms with E-state index >= 15 is 0 Å².